The van der Waals surface area contributed by atoms with Gasteiger partial charge in [-0.1, -0.05) is 6.58 Å². The summed E-state index contributed by atoms with van der Waals surface area (Å²) in [5.41, 5.74) is 1.81. The Kier molecular flexibility index (Phi) is 9.79. The van der Waals surface area contributed by atoms with Gasteiger partial charge >= 0.3 is 0 Å². The summed E-state index contributed by atoms with van der Waals surface area (Å²) in [6, 6.07) is 11.3. The average Bonchev–Trinajstić information content (AvgIpc) is 2.97. The first-order chi connectivity index (χ1) is 19.2. The van der Waals surface area contributed by atoms with Gasteiger partial charge in [0.05, 0.1) is 21.8 Å². The van der Waals surface area contributed by atoms with Gasteiger partial charge in [0.1, 0.15) is 11.9 Å². The molecule has 1 aliphatic heterocycles. The van der Waals surface area contributed by atoms with Crippen molar-refractivity contribution in [2.75, 3.05) is 49.3 Å². The molecule has 0 spiro atoms. The van der Waals surface area contributed by atoms with E-state index in [4.69, 9.17) is 5.26 Å². The lowest BCUT2D eigenvalue weighted by atomic mass is 9.86. The molecule has 3 N–H and O–H groups in total. The van der Waals surface area contributed by atoms with Crippen molar-refractivity contribution in [2.24, 2.45) is 5.92 Å². The Bertz CT molecular complexity index is 1320. The normalized spacial score (nSPS) is 20.1. The summed E-state index contributed by atoms with van der Waals surface area (Å²) >= 11 is 0. The average molecular weight is 566 g/mol. The van der Waals surface area contributed by atoms with E-state index in [2.05, 4.69) is 56.9 Å². The predicted molar refractivity (Wildman–Crippen MR) is 158 cm³/mol. The van der Waals surface area contributed by atoms with Crippen molar-refractivity contribution in [3.8, 4) is 6.07 Å². The first-order valence-corrected chi connectivity index (χ1v) is 15.3. The van der Waals surface area contributed by atoms with Crippen LogP contribution in [-0.2, 0) is 14.8 Å². The van der Waals surface area contributed by atoms with E-state index < -0.39 is 10.0 Å². The van der Waals surface area contributed by atoms with Crippen LogP contribution in [0.5, 0.6) is 0 Å². The van der Waals surface area contributed by atoms with Crippen LogP contribution < -0.4 is 20.3 Å². The highest BCUT2D eigenvalue weighted by atomic mass is 32.2. The topological polar surface area (TPSA) is 130 Å². The van der Waals surface area contributed by atoms with Crippen LogP contribution in [0.25, 0.3) is 0 Å². The smallest absolute Gasteiger partial charge is 0.247 e. The summed E-state index contributed by atoms with van der Waals surface area (Å²) < 4.78 is 29.3. The minimum absolute atomic E-state index is 0.126. The first kappa shape index (κ1) is 29.5. The van der Waals surface area contributed by atoms with Gasteiger partial charge in [-0.15, -0.1) is 0 Å². The zero-order valence-corrected chi connectivity index (χ0v) is 24.1. The summed E-state index contributed by atoms with van der Waals surface area (Å²) in [6.45, 7) is 5.54. The van der Waals surface area contributed by atoms with Crippen LogP contribution in [0.4, 0.5) is 17.2 Å². The highest BCUT2D eigenvalue weighted by Gasteiger charge is 2.26. The Morgan fingerprint density at radius 1 is 1.15 bits per heavy atom. The lowest BCUT2D eigenvalue weighted by Crippen LogP contribution is -2.42. The summed E-state index contributed by atoms with van der Waals surface area (Å²) in [6.07, 6.45) is 8.31. The van der Waals surface area contributed by atoms with Crippen molar-refractivity contribution in [3.05, 3.63) is 54.7 Å². The number of aromatic nitrogens is 1. The molecule has 214 valence electrons. The molecule has 0 radical (unpaired) electrons. The zero-order valence-electron chi connectivity index (χ0n) is 23.3. The monoisotopic (exact) mass is 565 g/mol. The number of nitrogens with one attached hydrogen (secondary N) is 3. The number of carbonyl (C=O) groups excluding carboxylic acids is 1. The molecular weight excluding hydrogens is 526 g/mol. The third kappa shape index (κ3) is 7.59. The fraction of sp³-hybridized carbons (Fsp3) is 0.483. The number of nitrogens with zero attached hydrogens (tertiary/aromatic N) is 4. The van der Waals surface area contributed by atoms with E-state index in [0.717, 1.165) is 63.1 Å². The van der Waals surface area contributed by atoms with Crippen molar-refractivity contribution in [1.82, 2.24) is 14.6 Å². The Morgan fingerprint density at radius 2 is 1.88 bits per heavy atom. The molecule has 1 amide bonds. The Morgan fingerprint density at radius 3 is 2.48 bits per heavy atom. The van der Waals surface area contributed by atoms with E-state index in [-0.39, 0.29) is 22.8 Å². The molecule has 0 unspecified atom stereocenters. The number of rotatable bonds is 10. The summed E-state index contributed by atoms with van der Waals surface area (Å²) in [5.74, 6) is 0.598. The van der Waals surface area contributed by atoms with Crippen LogP contribution in [0.1, 0.15) is 44.1 Å². The van der Waals surface area contributed by atoms with Crippen LogP contribution in [0.15, 0.2) is 54.1 Å². The largest absolute Gasteiger partial charge is 0.370 e. The summed E-state index contributed by atoms with van der Waals surface area (Å²) in [4.78, 5) is 21.0. The van der Waals surface area contributed by atoms with Crippen molar-refractivity contribution in [1.29, 1.82) is 5.26 Å². The number of anilines is 3. The molecule has 1 saturated carbocycles. The van der Waals surface area contributed by atoms with E-state index in [9.17, 15) is 13.2 Å². The number of piperidine rings is 1. The highest BCUT2D eigenvalue weighted by Crippen LogP contribution is 2.32. The molecule has 2 aliphatic rings. The maximum Gasteiger partial charge on any atom is 0.247 e. The van der Waals surface area contributed by atoms with E-state index in [1.807, 2.05) is 6.07 Å². The number of carbonyl (C=O) groups is 1. The van der Waals surface area contributed by atoms with E-state index >= 15 is 0 Å². The Hall–Kier alpha value is -3.46. The van der Waals surface area contributed by atoms with Crippen LogP contribution in [0.2, 0.25) is 0 Å². The maximum absolute atomic E-state index is 13.2. The number of amides is 1. The highest BCUT2D eigenvalue weighted by molar-refractivity contribution is 7.89. The van der Waals surface area contributed by atoms with Crippen molar-refractivity contribution in [2.45, 2.75) is 55.5 Å². The molecule has 2 heterocycles. The molecular formula is C29H39N7O3S. The first-order valence-electron chi connectivity index (χ1n) is 13.8. The fourth-order valence-electron chi connectivity index (χ4n) is 5.44. The number of nitriles is 1. The van der Waals surface area contributed by atoms with Crippen LogP contribution >= 0.6 is 0 Å². The van der Waals surface area contributed by atoms with Gasteiger partial charge < -0.3 is 20.4 Å². The van der Waals surface area contributed by atoms with Gasteiger partial charge in [0.25, 0.3) is 0 Å². The van der Waals surface area contributed by atoms with Gasteiger partial charge in [0.15, 0.2) is 0 Å². The van der Waals surface area contributed by atoms with Crippen molar-refractivity contribution < 1.29 is 13.2 Å². The molecule has 40 heavy (non-hydrogen) atoms. The van der Waals surface area contributed by atoms with E-state index in [1.165, 1.54) is 6.08 Å². The van der Waals surface area contributed by atoms with Gasteiger partial charge in [-0.2, -0.15) is 5.26 Å². The predicted octanol–water partition coefficient (Wildman–Crippen LogP) is 3.56. The third-order valence-corrected chi connectivity index (χ3v) is 9.33. The number of sulfonamides is 1. The molecule has 1 saturated heterocycles. The molecule has 2 fully saturated rings. The van der Waals surface area contributed by atoms with Crippen molar-refractivity contribution in [3.63, 3.8) is 0 Å². The van der Waals surface area contributed by atoms with E-state index in [1.54, 1.807) is 30.5 Å². The quantitative estimate of drug-likeness (QED) is 0.373. The SMILES string of the molecule is C=CC(=O)Nc1cc(S(=O)(=O)NCC2CCC(Nc3ccc(C#N)cn3)CC2)ccc1N1CCC(N(C)C)CC1. The Labute approximate surface area is 237 Å². The van der Waals surface area contributed by atoms with Crippen LogP contribution in [-0.4, -0.2) is 70.0 Å². The number of benzene rings is 1. The molecule has 2 aromatic rings. The van der Waals surface area contributed by atoms with Gasteiger partial charge in [-0.25, -0.2) is 18.1 Å². The maximum atomic E-state index is 13.2. The molecule has 1 aromatic heterocycles. The molecule has 10 nitrogen and oxygen atoms in total. The molecule has 11 heteroatoms. The lowest BCUT2D eigenvalue weighted by Gasteiger charge is -2.37. The van der Waals surface area contributed by atoms with Crippen molar-refractivity contribution >= 4 is 33.1 Å². The standard InChI is InChI=1S/C29H39N7O3S/c1-4-29(37)34-26-17-25(10-11-27(26)36-15-13-24(14-16-36)35(2)3)40(38,39)32-20-21-5-8-23(9-6-21)33-28-12-7-22(18-30)19-31-28/h4,7,10-12,17,19,21,23-24,32H,1,5-6,8-9,13-16,20H2,2-3H3,(H,31,33)(H,34,37). The molecule has 4 rings (SSSR count). The lowest BCUT2D eigenvalue weighted by molar-refractivity contribution is -0.111. The molecule has 0 atom stereocenters. The van der Waals surface area contributed by atoms with E-state index in [0.29, 0.717) is 23.8 Å². The summed E-state index contributed by atoms with van der Waals surface area (Å²) in [5, 5.41) is 15.1. The van der Waals surface area contributed by atoms with Gasteiger partial charge in [0, 0.05) is 37.9 Å². The van der Waals surface area contributed by atoms with Crippen LogP contribution in [0, 0.1) is 17.2 Å². The second-order valence-corrected chi connectivity index (χ2v) is 12.6. The Balaban J connectivity index is 1.36. The molecule has 1 aliphatic carbocycles. The van der Waals surface area contributed by atoms with Gasteiger partial charge in [-0.05, 0) is 94.9 Å². The second-order valence-electron chi connectivity index (χ2n) is 10.8. The zero-order chi connectivity index (χ0) is 28.7. The number of pyridine rings is 1. The van der Waals surface area contributed by atoms with Gasteiger partial charge in [0.2, 0.25) is 15.9 Å². The molecule has 1 aromatic carbocycles. The summed E-state index contributed by atoms with van der Waals surface area (Å²) in [7, 11) is 0.402. The minimum atomic E-state index is -3.77. The molecule has 0 bridgehead atoms. The van der Waals surface area contributed by atoms with Crippen LogP contribution in [0.3, 0.4) is 0 Å². The second kappa shape index (κ2) is 13.3. The number of hydrogen-bond acceptors (Lipinski definition) is 8. The fourth-order valence-corrected chi connectivity index (χ4v) is 6.58. The minimum Gasteiger partial charge on any atom is -0.370 e. The third-order valence-electron chi connectivity index (χ3n) is 7.91. The van der Waals surface area contributed by atoms with Gasteiger partial charge in [-0.3, -0.25) is 4.79 Å². The number of hydrogen-bond donors (Lipinski definition) is 3.